The molecule has 142 valence electrons. The molecule has 0 spiro atoms. The molecule has 1 fully saturated rings. The average molecular weight is 368 g/mol. The van der Waals surface area contributed by atoms with Gasteiger partial charge in [-0.1, -0.05) is 18.2 Å². The minimum absolute atomic E-state index is 0.169. The van der Waals surface area contributed by atoms with Gasteiger partial charge in [0.2, 0.25) is 11.8 Å². The molecule has 6 nitrogen and oxygen atoms in total. The van der Waals surface area contributed by atoms with Crippen LogP contribution in [0, 0.1) is 5.92 Å². The van der Waals surface area contributed by atoms with Crippen LogP contribution in [-0.4, -0.2) is 42.2 Å². The van der Waals surface area contributed by atoms with Crippen molar-refractivity contribution in [2.45, 2.75) is 25.8 Å². The maximum absolute atomic E-state index is 12.7. The quantitative estimate of drug-likeness (QED) is 0.813. The minimum Gasteiger partial charge on any atom is -0.487 e. The monoisotopic (exact) mass is 368 g/mol. The first-order valence-corrected chi connectivity index (χ1v) is 9.48. The van der Waals surface area contributed by atoms with Crippen LogP contribution in [0.5, 0.6) is 17.4 Å². The van der Waals surface area contributed by atoms with E-state index >= 15 is 0 Å². The topological polar surface area (TPSA) is 60.9 Å². The van der Waals surface area contributed by atoms with Gasteiger partial charge in [-0.25, -0.2) is 4.98 Å². The van der Waals surface area contributed by atoms with E-state index in [4.69, 9.17) is 14.2 Å². The fraction of sp³-hybridized carbons (Fsp3) is 0.429. The van der Waals surface area contributed by atoms with Crippen molar-refractivity contribution in [3.8, 4) is 17.4 Å². The molecule has 0 unspecified atom stereocenters. The number of pyridine rings is 1. The molecule has 2 aliphatic rings. The summed E-state index contributed by atoms with van der Waals surface area (Å²) in [7, 11) is 0. The van der Waals surface area contributed by atoms with Gasteiger partial charge in [-0.05, 0) is 37.0 Å². The van der Waals surface area contributed by atoms with Gasteiger partial charge in [0.1, 0.15) is 6.61 Å². The number of amides is 1. The first-order chi connectivity index (χ1) is 13.3. The van der Waals surface area contributed by atoms with Gasteiger partial charge in [-0.2, -0.15) is 0 Å². The van der Waals surface area contributed by atoms with Crippen LogP contribution in [0.15, 0.2) is 42.6 Å². The molecule has 6 heteroatoms. The largest absolute Gasteiger partial charge is 0.487 e. The van der Waals surface area contributed by atoms with E-state index in [0.29, 0.717) is 62.6 Å². The SMILES string of the molecule is O=C(CC1CC1)N1CCOCCOc2ccccc2Oc2ncccc2C1. The molecule has 4 rings (SSSR count). The third-order valence-electron chi connectivity index (χ3n) is 4.77. The average Bonchev–Trinajstić information content (AvgIpc) is 3.49. The molecular weight excluding hydrogens is 344 g/mol. The second kappa shape index (κ2) is 8.39. The summed E-state index contributed by atoms with van der Waals surface area (Å²) >= 11 is 0. The summed E-state index contributed by atoms with van der Waals surface area (Å²) in [4.78, 5) is 19.0. The molecule has 1 aromatic heterocycles. The highest BCUT2D eigenvalue weighted by molar-refractivity contribution is 5.76. The van der Waals surface area contributed by atoms with E-state index in [1.807, 2.05) is 41.3 Å². The van der Waals surface area contributed by atoms with E-state index in [1.165, 1.54) is 0 Å². The van der Waals surface area contributed by atoms with Crippen molar-refractivity contribution in [3.63, 3.8) is 0 Å². The van der Waals surface area contributed by atoms with Crippen LogP contribution in [-0.2, 0) is 16.1 Å². The standard InChI is InChI=1S/C21H24N2O4/c24-20(14-16-7-8-16)23-10-11-25-12-13-26-18-5-1-2-6-19(18)27-21-17(15-23)4-3-9-22-21/h1-6,9,16H,7-8,10-15H2. The van der Waals surface area contributed by atoms with E-state index < -0.39 is 0 Å². The van der Waals surface area contributed by atoms with E-state index in [9.17, 15) is 4.79 Å². The van der Waals surface area contributed by atoms with E-state index in [1.54, 1.807) is 6.20 Å². The molecule has 0 atom stereocenters. The molecule has 0 N–H and O–H groups in total. The van der Waals surface area contributed by atoms with Crippen molar-refractivity contribution in [1.82, 2.24) is 9.88 Å². The van der Waals surface area contributed by atoms with Gasteiger partial charge < -0.3 is 19.1 Å². The van der Waals surface area contributed by atoms with Gasteiger partial charge in [0.15, 0.2) is 11.5 Å². The third-order valence-corrected chi connectivity index (χ3v) is 4.77. The Bertz CT molecular complexity index is 791. The molecule has 1 saturated carbocycles. The maximum Gasteiger partial charge on any atom is 0.224 e. The van der Waals surface area contributed by atoms with Crippen LogP contribution in [0.3, 0.4) is 0 Å². The van der Waals surface area contributed by atoms with Gasteiger partial charge in [-0.3, -0.25) is 4.79 Å². The van der Waals surface area contributed by atoms with Gasteiger partial charge in [0, 0.05) is 24.7 Å². The molecule has 27 heavy (non-hydrogen) atoms. The fourth-order valence-corrected chi connectivity index (χ4v) is 3.08. The van der Waals surface area contributed by atoms with E-state index in [2.05, 4.69) is 4.98 Å². The second-order valence-corrected chi connectivity index (χ2v) is 6.94. The van der Waals surface area contributed by atoms with Crippen molar-refractivity contribution in [3.05, 3.63) is 48.2 Å². The predicted octanol–water partition coefficient (Wildman–Crippen LogP) is 3.41. The van der Waals surface area contributed by atoms with Crippen LogP contribution < -0.4 is 9.47 Å². The zero-order valence-corrected chi connectivity index (χ0v) is 15.3. The summed E-state index contributed by atoms with van der Waals surface area (Å²) in [5, 5.41) is 0. The first-order valence-electron chi connectivity index (χ1n) is 9.48. The number of para-hydroxylation sites is 2. The van der Waals surface area contributed by atoms with Crippen LogP contribution in [0.25, 0.3) is 0 Å². The Morgan fingerprint density at radius 2 is 1.93 bits per heavy atom. The lowest BCUT2D eigenvalue weighted by Gasteiger charge is -2.23. The van der Waals surface area contributed by atoms with Gasteiger partial charge in [-0.15, -0.1) is 0 Å². The van der Waals surface area contributed by atoms with E-state index in [0.717, 1.165) is 18.4 Å². The number of hydrogen-bond donors (Lipinski definition) is 0. The molecule has 2 heterocycles. The Hall–Kier alpha value is -2.60. The fourth-order valence-electron chi connectivity index (χ4n) is 3.08. The molecule has 1 aromatic carbocycles. The number of fused-ring (bicyclic) bond motifs is 2. The number of carbonyl (C=O) groups is 1. The Morgan fingerprint density at radius 1 is 1.07 bits per heavy atom. The zero-order chi connectivity index (χ0) is 18.5. The highest BCUT2D eigenvalue weighted by Gasteiger charge is 2.27. The van der Waals surface area contributed by atoms with Gasteiger partial charge >= 0.3 is 0 Å². The van der Waals surface area contributed by atoms with Crippen LogP contribution in [0.4, 0.5) is 0 Å². The smallest absolute Gasteiger partial charge is 0.224 e. The summed E-state index contributed by atoms with van der Waals surface area (Å²) < 4.78 is 17.5. The number of hydrogen-bond acceptors (Lipinski definition) is 5. The van der Waals surface area contributed by atoms with Crippen molar-refractivity contribution in [2.75, 3.05) is 26.4 Å². The third kappa shape index (κ3) is 4.77. The predicted molar refractivity (Wildman–Crippen MR) is 99.8 cm³/mol. The Labute approximate surface area is 159 Å². The van der Waals surface area contributed by atoms with Crippen molar-refractivity contribution < 1.29 is 19.0 Å². The number of benzene rings is 1. The Kier molecular flexibility index (Phi) is 5.53. The van der Waals surface area contributed by atoms with Crippen LogP contribution in [0.2, 0.25) is 0 Å². The van der Waals surface area contributed by atoms with Crippen molar-refractivity contribution in [1.29, 1.82) is 0 Å². The summed E-state index contributed by atoms with van der Waals surface area (Å²) in [6.07, 6.45) is 4.62. The summed E-state index contributed by atoms with van der Waals surface area (Å²) in [6, 6.07) is 11.3. The summed E-state index contributed by atoms with van der Waals surface area (Å²) in [5.41, 5.74) is 0.871. The highest BCUT2D eigenvalue weighted by Crippen LogP contribution is 2.34. The zero-order valence-electron chi connectivity index (χ0n) is 15.3. The normalized spacial score (nSPS) is 17.9. The second-order valence-electron chi connectivity index (χ2n) is 6.94. The van der Waals surface area contributed by atoms with E-state index in [-0.39, 0.29) is 5.91 Å². The van der Waals surface area contributed by atoms with Crippen LogP contribution in [0.1, 0.15) is 24.8 Å². The summed E-state index contributed by atoms with van der Waals surface area (Å²) in [5.74, 6) is 2.47. The van der Waals surface area contributed by atoms with Crippen LogP contribution >= 0.6 is 0 Å². The highest BCUT2D eigenvalue weighted by atomic mass is 16.5. The molecule has 1 aliphatic heterocycles. The molecule has 2 aromatic rings. The molecule has 1 aliphatic carbocycles. The number of aromatic nitrogens is 1. The van der Waals surface area contributed by atoms with Crippen molar-refractivity contribution in [2.24, 2.45) is 5.92 Å². The summed E-state index contributed by atoms with van der Waals surface area (Å²) in [6.45, 7) is 2.38. The lowest BCUT2D eigenvalue weighted by Crippen LogP contribution is -2.34. The molecular formula is C21H24N2O4. The number of carbonyl (C=O) groups excluding carboxylic acids is 1. The number of rotatable bonds is 2. The van der Waals surface area contributed by atoms with Crippen molar-refractivity contribution >= 4 is 5.91 Å². The molecule has 0 saturated heterocycles. The number of nitrogens with zero attached hydrogens (tertiary/aromatic N) is 2. The molecule has 0 bridgehead atoms. The Balaban J connectivity index is 1.60. The lowest BCUT2D eigenvalue weighted by atomic mass is 10.2. The maximum atomic E-state index is 12.7. The molecule has 1 amide bonds. The lowest BCUT2D eigenvalue weighted by molar-refractivity contribution is -0.133. The molecule has 0 radical (unpaired) electrons. The first kappa shape index (κ1) is 17.8. The Morgan fingerprint density at radius 3 is 2.78 bits per heavy atom. The minimum atomic E-state index is 0.169. The number of ether oxygens (including phenoxy) is 3. The van der Waals surface area contributed by atoms with Gasteiger partial charge in [0.25, 0.3) is 0 Å². The van der Waals surface area contributed by atoms with Gasteiger partial charge in [0.05, 0.1) is 19.8 Å².